The van der Waals surface area contributed by atoms with Gasteiger partial charge in [0, 0.05) is 32.1 Å². The van der Waals surface area contributed by atoms with Crippen molar-refractivity contribution in [3.8, 4) is 39.6 Å². The van der Waals surface area contributed by atoms with Gasteiger partial charge in [-0.2, -0.15) is 5.26 Å². The van der Waals surface area contributed by atoms with E-state index in [1.165, 1.54) is 12.3 Å². The highest BCUT2D eigenvalue weighted by molar-refractivity contribution is 6.16. The van der Waals surface area contributed by atoms with Crippen LogP contribution in [-0.4, -0.2) is 0 Å². The third-order valence-corrected chi connectivity index (χ3v) is 6.90. The highest BCUT2D eigenvalue weighted by atomic mass is 19.1. The number of furan rings is 1. The minimum Gasteiger partial charge on any atom is -0.455 e. The monoisotopic (exact) mass is 486 g/mol. The number of pyridine rings is 1. The van der Waals surface area contributed by atoms with Gasteiger partial charge in [-0.1, -0.05) is 60.7 Å². The van der Waals surface area contributed by atoms with E-state index in [0.29, 0.717) is 28.0 Å². The molecule has 4 aromatic carbocycles. The van der Waals surface area contributed by atoms with Crippen molar-refractivity contribution < 1.29 is 17.5 Å². The second-order valence-electron chi connectivity index (χ2n) is 9.18. The van der Waals surface area contributed by atoms with Crippen LogP contribution in [-0.2, 0) is 7.05 Å². The summed E-state index contributed by atoms with van der Waals surface area (Å²) in [6.45, 7) is -0.640. The van der Waals surface area contributed by atoms with Crippen LogP contribution < -0.4 is 4.57 Å². The van der Waals surface area contributed by atoms with Gasteiger partial charge in [0.05, 0.1) is 17.2 Å². The molecule has 0 fully saturated rings. The van der Waals surface area contributed by atoms with E-state index in [1.807, 2.05) is 79.7 Å². The fraction of sp³-hybridized carbons (Fsp3) is 0.0909. The Labute approximate surface area is 218 Å². The molecule has 0 bridgehead atoms. The third-order valence-electron chi connectivity index (χ3n) is 6.90. The molecule has 0 saturated carbocycles. The molecule has 0 saturated heterocycles. The lowest BCUT2D eigenvalue weighted by atomic mass is 9.93. The molecule has 0 N–H and O–H groups in total. The van der Waals surface area contributed by atoms with E-state index in [2.05, 4.69) is 6.07 Å². The number of fused-ring (bicyclic) bond motifs is 3. The molecule has 0 aliphatic rings. The van der Waals surface area contributed by atoms with Gasteiger partial charge in [-0.05, 0) is 54.2 Å². The van der Waals surface area contributed by atoms with E-state index in [4.69, 9.17) is 8.53 Å². The molecular formula is C33H24FN2O+. The molecule has 0 radical (unpaired) electrons. The van der Waals surface area contributed by atoms with Crippen LogP contribution >= 0.6 is 0 Å². The van der Waals surface area contributed by atoms with Crippen molar-refractivity contribution in [1.82, 2.24) is 0 Å². The Morgan fingerprint density at radius 1 is 0.865 bits per heavy atom. The first-order valence-corrected chi connectivity index (χ1v) is 11.9. The second-order valence-corrected chi connectivity index (χ2v) is 9.18. The first kappa shape index (κ1) is 19.4. The Morgan fingerprint density at radius 2 is 1.59 bits per heavy atom. The summed E-state index contributed by atoms with van der Waals surface area (Å²) in [6, 6.07) is 29.1. The molecule has 0 aliphatic heterocycles. The van der Waals surface area contributed by atoms with Gasteiger partial charge in [-0.15, -0.1) is 0 Å². The molecule has 0 atom stereocenters. The molecule has 6 aromatic rings. The SMILES string of the molecule is [2H]C([2H])([2H])c1c[n+](C)c(-c2c(C)ccc3oc4c(-c5ccc(-c6ccccc6)cc5)c(C#N)ccc4c23)cc1F. The molecule has 2 heterocycles. The standard InChI is InChI=1S/C33H24FN2O/c1-20-9-16-29-32(30(20)28-17-27(34)21(2)19-36(28)3)26-15-14-25(18-35)31(33(26)37-29)24-12-10-23(11-13-24)22-7-5-4-6-8-22/h4-17,19H,1-3H3/q+1/i2D3. The Bertz CT molecular complexity index is 1970. The van der Waals surface area contributed by atoms with Gasteiger partial charge in [0.15, 0.2) is 6.20 Å². The van der Waals surface area contributed by atoms with Crippen molar-refractivity contribution in [2.24, 2.45) is 7.05 Å². The fourth-order valence-electron chi connectivity index (χ4n) is 5.08. The van der Waals surface area contributed by atoms with Crippen LogP contribution in [0, 0.1) is 30.9 Å². The van der Waals surface area contributed by atoms with E-state index < -0.39 is 12.7 Å². The zero-order chi connectivity index (χ0) is 28.2. The van der Waals surface area contributed by atoms with E-state index in [9.17, 15) is 5.26 Å². The summed E-state index contributed by atoms with van der Waals surface area (Å²) in [5, 5.41) is 11.6. The van der Waals surface area contributed by atoms with Crippen molar-refractivity contribution in [3.05, 3.63) is 114 Å². The van der Waals surface area contributed by atoms with Gasteiger partial charge in [-0.3, -0.25) is 0 Å². The van der Waals surface area contributed by atoms with Crippen molar-refractivity contribution in [2.45, 2.75) is 13.8 Å². The molecular weight excluding hydrogens is 459 g/mol. The maximum Gasteiger partial charge on any atom is 0.216 e. The second kappa shape index (κ2) is 8.72. The van der Waals surface area contributed by atoms with Gasteiger partial charge in [0.25, 0.3) is 0 Å². The van der Waals surface area contributed by atoms with E-state index >= 15 is 4.39 Å². The predicted molar refractivity (Wildman–Crippen MR) is 145 cm³/mol. The fourth-order valence-corrected chi connectivity index (χ4v) is 5.08. The summed E-state index contributed by atoms with van der Waals surface area (Å²) in [5.41, 5.74) is 7.14. The Balaban J connectivity index is 1.60. The van der Waals surface area contributed by atoms with Gasteiger partial charge in [0.2, 0.25) is 5.69 Å². The van der Waals surface area contributed by atoms with Crippen molar-refractivity contribution in [1.29, 1.82) is 5.26 Å². The molecule has 4 heteroatoms. The van der Waals surface area contributed by atoms with Gasteiger partial charge in [-0.25, -0.2) is 8.96 Å². The number of aromatic nitrogens is 1. The zero-order valence-corrected chi connectivity index (χ0v) is 20.3. The van der Waals surface area contributed by atoms with Gasteiger partial charge >= 0.3 is 0 Å². The van der Waals surface area contributed by atoms with Crippen LogP contribution in [0.2, 0.25) is 0 Å². The Morgan fingerprint density at radius 3 is 2.32 bits per heavy atom. The summed E-state index contributed by atoms with van der Waals surface area (Å²) in [5.74, 6) is -0.789. The van der Waals surface area contributed by atoms with E-state index in [0.717, 1.165) is 38.6 Å². The smallest absolute Gasteiger partial charge is 0.216 e. The molecule has 0 unspecified atom stereocenters. The zero-order valence-electron chi connectivity index (χ0n) is 23.3. The average molecular weight is 487 g/mol. The van der Waals surface area contributed by atoms with Crippen molar-refractivity contribution in [3.63, 3.8) is 0 Å². The van der Waals surface area contributed by atoms with Crippen LogP contribution in [0.1, 0.15) is 20.8 Å². The number of benzene rings is 4. The number of aryl methyl sites for hydroxylation is 3. The summed E-state index contributed by atoms with van der Waals surface area (Å²) < 4.78 is 46.2. The number of rotatable bonds is 3. The van der Waals surface area contributed by atoms with Crippen molar-refractivity contribution >= 4 is 21.9 Å². The molecule has 6 rings (SSSR count). The number of hydrogen-bond donors (Lipinski definition) is 0. The first-order valence-electron chi connectivity index (χ1n) is 13.4. The normalized spacial score (nSPS) is 12.8. The Kier molecular flexibility index (Phi) is 4.58. The summed E-state index contributed by atoms with van der Waals surface area (Å²) in [4.78, 5) is 0. The number of nitriles is 1. The quantitative estimate of drug-likeness (QED) is 0.238. The van der Waals surface area contributed by atoms with Crippen LogP contribution in [0.5, 0.6) is 0 Å². The highest BCUT2D eigenvalue weighted by Gasteiger charge is 2.24. The van der Waals surface area contributed by atoms with E-state index in [-0.39, 0.29) is 5.56 Å². The largest absolute Gasteiger partial charge is 0.455 e. The number of halogens is 1. The maximum atomic E-state index is 15.1. The lowest BCUT2D eigenvalue weighted by molar-refractivity contribution is -0.660. The summed E-state index contributed by atoms with van der Waals surface area (Å²) in [7, 11) is 1.71. The molecule has 2 aromatic heterocycles. The summed E-state index contributed by atoms with van der Waals surface area (Å²) >= 11 is 0. The van der Waals surface area contributed by atoms with Gasteiger partial charge < -0.3 is 4.42 Å². The third kappa shape index (κ3) is 3.68. The van der Waals surface area contributed by atoms with Crippen LogP contribution in [0.25, 0.3) is 55.4 Å². The molecule has 0 aliphatic carbocycles. The average Bonchev–Trinajstić information content (AvgIpc) is 3.32. The van der Waals surface area contributed by atoms with Crippen LogP contribution in [0.4, 0.5) is 4.39 Å². The van der Waals surface area contributed by atoms with Crippen LogP contribution in [0.3, 0.4) is 0 Å². The molecule has 37 heavy (non-hydrogen) atoms. The van der Waals surface area contributed by atoms with Crippen molar-refractivity contribution in [2.75, 3.05) is 0 Å². The molecule has 3 nitrogen and oxygen atoms in total. The lowest BCUT2D eigenvalue weighted by Gasteiger charge is -2.09. The minimum absolute atomic E-state index is 0.333. The first-order chi connectivity index (χ1) is 19.2. The summed E-state index contributed by atoms with van der Waals surface area (Å²) in [6.07, 6.45) is 1.33. The Hall–Kier alpha value is -4.75. The van der Waals surface area contributed by atoms with Gasteiger partial charge in [0.1, 0.15) is 24.0 Å². The van der Waals surface area contributed by atoms with Crippen LogP contribution in [0.15, 0.2) is 95.5 Å². The maximum absolute atomic E-state index is 15.1. The minimum atomic E-state index is -2.57. The van der Waals surface area contributed by atoms with E-state index in [1.54, 1.807) is 17.7 Å². The number of nitrogens with zero attached hydrogens (tertiary/aromatic N) is 2. The lowest BCUT2D eigenvalue weighted by Crippen LogP contribution is -2.31. The molecule has 178 valence electrons. The topological polar surface area (TPSA) is 40.8 Å². The number of hydrogen-bond acceptors (Lipinski definition) is 2. The molecule has 0 amide bonds. The molecule has 0 spiro atoms. The predicted octanol–water partition coefficient (Wildman–Crippen LogP) is 8.04. The highest BCUT2D eigenvalue weighted by Crippen LogP contribution is 2.42.